The molecular formula is C13H29Cl2N3O2. The molecule has 0 saturated carbocycles. The Morgan fingerprint density at radius 3 is 1.35 bits per heavy atom. The first kappa shape index (κ1) is 24.8. The Balaban J connectivity index is -0.00000144. The number of aldehydes is 2. The fourth-order valence-corrected chi connectivity index (χ4v) is 1.58. The van der Waals surface area contributed by atoms with Crippen LogP contribution in [0.3, 0.4) is 0 Å². The molecule has 0 aromatic carbocycles. The molecule has 0 fully saturated rings. The van der Waals surface area contributed by atoms with Gasteiger partial charge in [0.2, 0.25) is 0 Å². The number of rotatable bonds is 10. The zero-order chi connectivity index (χ0) is 14.2. The Bertz CT molecular complexity index is 248. The molecule has 122 valence electrons. The molecule has 0 aliphatic carbocycles. The van der Waals surface area contributed by atoms with E-state index in [1.54, 1.807) is 0 Å². The molecule has 0 aromatic rings. The van der Waals surface area contributed by atoms with Gasteiger partial charge in [0.15, 0.2) is 12.6 Å². The normalized spacial score (nSPS) is 11.5. The van der Waals surface area contributed by atoms with Crippen molar-refractivity contribution in [1.82, 2.24) is 4.90 Å². The maximum Gasteiger partial charge on any atom is 0.174 e. The van der Waals surface area contributed by atoms with E-state index < -0.39 is 0 Å². The second-order valence-corrected chi connectivity index (χ2v) is 6.32. The molecule has 0 aliphatic heterocycles. The highest BCUT2D eigenvalue weighted by molar-refractivity contribution is 5.50. The highest BCUT2D eigenvalue weighted by atomic mass is 35.5. The first-order valence-corrected chi connectivity index (χ1v) is 6.42. The Hall–Kier alpha value is -0.200. The highest BCUT2D eigenvalue weighted by Gasteiger charge is 2.18. The van der Waals surface area contributed by atoms with E-state index in [4.69, 9.17) is 0 Å². The molecule has 20 heavy (non-hydrogen) atoms. The van der Waals surface area contributed by atoms with E-state index in [-0.39, 0.29) is 24.8 Å². The van der Waals surface area contributed by atoms with Crippen LogP contribution in [-0.2, 0) is 9.59 Å². The monoisotopic (exact) mass is 329 g/mol. The van der Waals surface area contributed by atoms with Gasteiger partial charge in [-0.05, 0) is 7.05 Å². The minimum atomic E-state index is 0. The first-order chi connectivity index (χ1) is 8.22. The van der Waals surface area contributed by atoms with Crippen LogP contribution in [0, 0.1) is 0 Å². The largest absolute Gasteiger partial charge is 1.00 e. The summed E-state index contributed by atoms with van der Waals surface area (Å²) in [6.07, 6.45) is 1.95. The third-order valence-corrected chi connectivity index (χ3v) is 3.31. The lowest BCUT2D eigenvalue weighted by Gasteiger charge is -2.32. The molecule has 7 heteroatoms. The molecule has 0 unspecified atom stereocenters. The van der Waals surface area contributed by atoms with Crippen LogP contribution in [0.1, 0.15) is 0 Å². The molecule has 0 aliphatic rings. The van der Waals surface area contributed by atoms with Crippen LogP contribution in [0.25, 0.3) is 0 Å². The quantitative estimate of drug-likeness (QED) is 0.295. The molecule has 0 bridgehead atoms. The van der Waals surface area contributed by atoms with Crippen LogP contribution in [0.15, 0.2) is 0 Å². The Morgan fingerprint density at radius 2 is 1.10 bits per heavy atom. The number of halogens is 2. The van der Waals surface area contributed by atoms with Gasteiger partial charge in [-0.2, -0.15) is 0 Å². The van der Waals surface area contributed by atoms with Gasteiger partial charge in [-0.1, -0.05) is 0 Å². The smallest absolute Gasteiger partial charge is 0.174 e. The number of likely N-dealkylation sites (N-methyl/N-ethyl adjacent to an activating group) is 3. The third-order valence-electron chi connectivity index (χ3n) is 3.31. The Kier molecular flexibility index (Phi) is 14.2. The molecule has 0 radical (unpaired) electrons. The van der Waals surface area contributed by atoms with Crippen molar-refractivity contribution in [2.75, 3.05) is 74.5 Å². The van der Waals surface area contributed by atoms with Gasteiger partial charge in [0.1, 0.15) is 13.1 Å². The zero-order valence-electron chi connectivity index (χ0n) is 13.3. The van der Waals surface area contributed by atoms with Crippen LogP contribution >= 0.6 is 0 Å². The summed E-state index contributed by atoms with van der Waals surface area (Å²) in [5.41, 5.74) is 0. The summed E-state index contributed by atoms with van der Waals surface area (Å²) in [6.45, 7) is 4.94. The van der Waals surface area contributed by atoms with Crippen LogP contribution in [0.4, 0.5) is 0 Å². The van der Waals surface area contributed by atoms with E-state index in [9.17, 15) is 9.59 Å². The number of carbonyl (C=O) groups excluding carboxylic acids is 2. The summed E-state index contributed by atoms with van der Waals surface area (Å²) in [6, 6.07) is 0. The number of hydrogen-bond donors (Lipinski definition) is 0. The van der Waals surface area contributed by atoms with Crippen molar-refractivity contribution in [3.05, 3.63) is 0 Å². The Morgan fingerprint density at radius 1 is 0.800 bits per heavy atom. The Labute approximate surface area is 135 Å². The van der Waals surface area contributed by atoms with Crippen LogP contribution in [0.5, 0.6) is 0 Å². The molecule has 0 aromatic heterocycles. The van der Waals surface area contributed by atoms with Crippen molar-refractivity contribution in [2.24, 2.45) is 0 Å². The molecule has 0 atom stereocenters. The van der Waals surface area contributed by atoms with E-state index in [1.165, 1.54) is 0 Å². The van der Waals surface area contributed by atoms with Crippen molar-refractivity contribution >= 4 is 12.6 Å². The molecule has 5 nitrogen and oxygen atoms in total. The fraction of sp³-hybridized carbons (Fsp3) is 0.846. The average Bonchev–Trinajstić information content (AvgIpc) is 2.24. The maximum absolute atomic E-state index is 10.5. The van der Waals surface area contributed by atoms with E-state index in [1.807, 2.05) is 0 Å². The third kappa shape index (κ3) is 12.8. The van der Waals surface area contributed by atoms with Gasteiger partial charge in [0, 0.05) is 13.1 Å². The summed E-state index contributed by atoms with van der Waals surface area (Å²) in [4.78, 5) is 23.3. The van der Waals surface area contributed by atoms with Crippen molar-refractivity contribution < 1.29 is 43.4 Å². The first-order valence-electron chi connectivity index (χ1n) is 6.42. The number of quaternary nitrogens is 2. The lowest BCUT2D eigenvalue weighted by atomic mass is 10.3. The summed E-state index contributed by atoms with van der Waals surface area (Å²) in [5.74, 6) is 0. The summed E-state index contributed by atoms with van der Waals surface area (Å²) in [5, 5.41) is 0. The topological polar surface area (TPSA) is 37.4 Å². The molecule has 0 saturated heterocycles. The van der Waals surface area contributed by atoms with Crippen molar-refractivity contribution in [3.8, 4) is 0 Å². The summed E-state index contributed by atoms with van der Waals surface area (Å²) in [7, 11) is 10.3. The predicted octanol–water partition coefficient (Wildman–Crippen LogP) is -6.52. The van der Waals surface area contributed by atoms with Gasteiger partial charge in [0.25, 0.3) is 0 Å². The lowest BCUT2D eigenvalue weighted by Crippen LogP contribution is -3.00. The van der Waals surface area contributed by atoms with Crippen molar-refractivity contribution in [1.29, 1.82) is 0 Å². The number of nitrogens with zero attached hydrogens (tertiary/aromatic N) is 3. The summed E-state index contributed by atoms with van der Waals surface area (Å²) >= 11 is 0. The van der Waals surface area contributed by atoms with E-state index >= 15 is 0 Å². The predicted molar refractivity (Wildman–Crippen MR) is 73.3 cm³/mol. The van der Waals surface area contributed by atoms with Gasteiger partial charge in [-0.25, -0.2) is 0 Å². The van der Waals surface area contributed by atoms with Crippen LogP contribution < -0.4 is 24.8 Å². The minimum absolute atomic E-state index is 0. The molecular weight excluding hydrogens is 301 g/mol. The second kappa shape index (κ2) is 11.5. The van der Waals surface area contributed by atoms with E-state index in [0.29, 0.717) is 13.1 Å². The van der Waals surface area contributed by atoms with Gasteiger partial charge in [-0.3, -0.25) is 14.5 Å². The second-order valence-electron chi connectivity index (χ2n) is 6.32. The van der Waals surface area contributed by atoms with Gasteiger partial charge >= 0.3 is 0 Å². The fourth-order valence-electron chi connectivity index (χ4n) is 1.58. The molecule has 0 amide bonds. The van der Waals surface area contributed by atoms with E-state index in [2.05, 4.69) is 40.1 Å². The SMILES string of the molecule is CN(CC[N+](C)(C)CC=O)CC[N+](C)(C)CC=O.[Cl-].[Cl-]. The molecule has 0 spiro atoms. The standard InChI is InChI=1S/C13H29N3O2.2ClH/c1-14(6-8-15(2,3)10-12-17)7-9-16(4,5)11-13-18;;/h12-13H,6-11H2,1-5H3;2*1H/q+2;;/p-2. The molecule has 0 heterocycles. The minimum Gasteiger partial charge on any atom is -1.00 e. The van der Waals surface area contributed by atoms with E-state index in [0.717, 1.165) is 47.7 Å². The van der Waals surface area contributed by atoms with Gasteiger partial charge < -0.3 is 33.8 Å². The zero-order valence-corrected chi connectivity index (χ0v) is 14.8. The number of hydrogen-bond acceptors (Lipinski definition) is 3. The number of carbonyl (C=O) groups is 2. The maximum atomic E-state index is 10.5. The highest BCUT2D eigenvalue weighted by Crippen LogP contribution is 1.98. The van der Waals surface area contributed by atoms with Crippen LogP contribution in [0.2, 0.25) is 0 Å². The lowest BCUT2D eigenvalue weighted by molar-refractivity contribution is -0.883. The average molecular weight is 330 g/mol. The van der Waals surface area contributed by atoms with Crippen molar-refractivity contribution in [3.63, 3.8) is 0 Å². The summed E-state index contributed by atoms with van der Waals surface area (Å²) < 4.78 is 1.45. The molecule has 0 rings (SSSR count). The van der Waals surface area contributed by atoms with Gasteiger partial charge in [0.05, 0.1) is 41.3 Å². The van der Waals surface area contributed by atoms with Gasteiger partial charge in [-0.15, -0.1) is 0 Å². The van der Waals surface area contributed by atoms with Crippen LogP contribution in [-0.4, -0.2) is 101 Å². The van der Waals surface area contributed by atoms with Crippen molar-refractivity contribution in [2.45, 2.75) is 0 Å². The molecule has 0 N–H and O–H groups in total.